The third-order valence-corrected chi connectivity index (χ3v) is 6.50. The quantitative estimate of drug-likeness (QED) is 0.496. The van der Waals surface area contributed by atoms with Crippen molar-refractivity contribution in [3.05, 3.63) is 48.1 Å². The van der Waals surface area contributed by atoms with Crippen molar-refractivity contribution in [3.63, 3.8) is 0 Å². The van der Waals surface area contributed by atoms with Gasteiger partial charge in [0.1, 0.15) is 17.4 Å². The zero-order chi connectivity index (χ0) is 23.5. The SMILES string of the molecule is COc1cccc(-c2cnc([C@@H]3C[C@@H](O)CC3CC(=O)[C@@H](c3cc(OC)no3)C(C)C)[nH]2)c1. The molecule has 2 N–H and O–H groups in total. The summed E-state index contributed by atoms with van der Waals surface area (Å²) in [5, 5.41) is 14.3. The summed E-state index contributed by atoms with van der Waals surface area (Å²) in [5.41, 5.74) is 1.85. The van der Waals surface area contributed by atoms with E-state index < -0.39 is 12.0 Å². The lowest BCUT2D eigenvalue weighted by Gasteiger charge is -2.21. The topological polar surface area (TPSA) is 110 Å². The molecule has 8 nitrogen and oxygen atoms in total. The lowest BCUT2D eigenvalue weighted by atomic mass is 9.82. The van der Waals surface area contributed by atoms with Crippen molar-refractivity contribution in [2.45, 2.75) is 51.0 Å². The molecule has 1 saturated carbocycles. The second kappa shape index (κ2) is 9.79. The largest absolute Gasteiger partial charge is 0.497 e. The molecule has 1 fully saturated rings. The molecule has 0 aliphatic heterocycles. The molecule has 1 aromatic carbocycles. The molecule has 2 aromatic heterocycles. The average molecular weight is 454 g/mol. The van der Waals surface area contributed by atoms with Gasteiger partial charge in [-0.3, -0.25) is 4.79 Å². The number of hydrogen-bond donors (Lipinski definition) is 2. The number of aromatic amines is 1. The van der Waals surface area contributed by atoms with Gasteiger partial charge in [-0.2, -0.15) is 0 Å². The highest BCUT2D eigenvalue weighted by Crippen LogP contribution is 2.43. The maximum atomic E-state index is 13.4. The number of methoxy groups -OCH3 is 2. The molecule has 176 valence electrons. The van der Waals surface area contributed by atoms with Crippen LogP contribution < -0.4 is 9.47 Å². The molecule has 0 spiro atoms. The molecule has 33 heavy (non-hydrogen) atoms. The van der Waals surface area contributed by atoms with Crippen LogP contribution in [0.15, 0.2) is 41.1 Å². The minimum Gasteiger partial charge on any atom is -0.497 e. The second-order valence-electron chi connectivity index (χ2n) is 9.07. The number of H-pyrrole nitrogens is 1. The number of aliphatic hydroxyl groups is 1. The van der Waals surface area contributed by atoms with Crippen LogP contribution in [0.3, 0.4) is 0 Å². The number of benzene rings is 1. The van der Waals surface area contributed by atoms with Crippen LogP contribution in [0.1, 0.15) is 56.5 Å². The number of aliphatic hydroxyl groups excluding tert-OH is 1. The van der Waals surface area contributed by atoms with Crippen LogP contribution in [0, 0.1) is 11.8 Å². The Bertz CT molecular complexity index is 1090. The number of nitrogens with one attached hydrogen (secondary N) is 1. The molecule has 0 radical (unpaired) electrons. The Hall–Kier alpha value is -3.13. The predicted octanol–water partition coefficient (Wildman–Crippen LogP) is 4.34. The molecule has 1 unspecified atom stereocenters. The minimum atomic E-state index is -0.457. The molecule has 1 aliphatic rings. The van der Waals surface area contributed by atoms with Crippen molar-refractivity contribution in [1.29, 1.82) is 0 Å². The molecular formula is C25H31N3O5. The van der Waals surface area contributed by atoms with E-state index in [-0.39, 0.29) is 23.5 Å². The first-order chi connectivity index (χ1) is 15.9. The van der Waals surface area contributed by atoms with Crippen molar-refractivity contribution in [2.24, 2.45) is 11.8 Å². The van der Waals surface area contributed by atoms with Crippen molar-refractivity contribution in [2.75, 3.05) is 14.2 Å². The zero-order valence-electron chi connectivity index (χ0n) is 19.4. The molecule has 1 aliphatic carbocycles. The fourth-order valence-electron chi connectivity index (χ4n) is 4.88. The summed E-state index contributed by atoms with van der Waals surface area (Å²) in [6.45, 7) is 3.98. The van der Waals surface area contributed by atoms with Gasteiger partial charge in [0.25, 0.3) is 5.88 Å². The number of carbonyl (C=O) groups excluding carboxylic acids is 1. The maximum absolute atomic E-state index is 13.4. The number of imidazole rings is 1. The first-order valence-corrected chi connectivity index (χ1v) is 11.3. The Labute approximate surface area is 193 Å². The van der Waals surface area contributed by atoms with Crippen LogP contribution in [0.4, 0.5) is 0 Å². The molecule has 0 bridgehead atoms. The van der Waals surface area contributed by atoms with Crippen LogP contribution >= 0.6 is 0 Å². The zero-order valence-corrected chi connectivity index (χ0v) is 19.4. The number of ketones is 1. The molecule has 8 heteroatoms. The number of ether oxygens (including phenoxy) is 2. The van der Waals surface area contributed by atoms with E-state index in [0.717, 1.165) is 22.8 Å². The molecular weight excluding hydrogens is 422 g/mol. The monoisotopic (exact) mass is 453 g/mol. The van der Waals surface area contributed by atoms with Crippen LogP contribution in [-0.4, -0.2) is 46.3 Å². The summed E-state index contributed by atoms with van der Waals surface area (Å²) < 4.78 is 15.8. The Kier molecular flexibility index (Phi) is 6.83. The van der Waals surface area contributed by atoms with Gasteiger partial charge in [0.05, 0.1) is 38.1 Å². The van der Waals surface area contributed by atoms with E-state index in [1.807, 2.05) is 38.1 Å². The summed E-state index contributed by atoms with van der Waals surface area (Å²) in [5.74, 6) is 2.11. The van der Waals surface area contributed by atoms with Crippen molar-refractivity contribution < 1.29 is 23.9 Å². The van der Waals surface area contributed by atoms with Crippen LogP contribution in [0.2, 0.25) is 0 Å². The van der Waals surface area contributed by atoms with E-state index in [0.29, 0.717) is 30.9 Å². The average Bonchev–Trinajstić information content (AvgIpc) is 3.53. The fraction of sp³-hybridized carbons (Fsp3) is 0.480. The Balaban J connectivity index is 1.53. The van der Waals surface area contributed by atoms with Crippen LogP contribution in [0.5, 0.6) is 11.6 Å². The maximum Gasteiger partial charge on any atom is 0.254 e. The fourth-order valence-corrected chi connectivity index (χ4v) is 4.88. The normalized spacial score (nSPS) is 21.3. The summed E-state index contributed by atoms with van der Waals surface area (Å²) in [4.78, 5) is 21.4. The molecule has 0 amide bonds. The Morgan fingerprint density at radius 1 is 1.24 bits per heavy atom. The van der Waals surface area contributed by atoms with Gasteiger partial charge in [0, 0.05) is 24.0 Å². The first kappa shape index (κ1) is 23.0. The van der Waals surface area contributed by atoms with E-state index in [9.17, 15) is 9.90 Å². The lowest BCUT2D eigenvalue weighted by Crippen LogP contribution is -2.22. The smallest absolute Gasteiger partial charge is 0.254 e. The highest BCUT2D eigenvalue weighted by molar-refractivity contribution is 5.85. The minimum absolute atomic E-state index is 0.0112. The van der Waals surface area contributed by atoms with Crippen LogP contribution in [-0.2, 0) is 4.79 Å². The van der Waals surface area contributed by atoms with E-state index in [4.69, 9.17) is 14.0 Å². The number of hydrogen-bond acceptors (Lipinski definition) is 7. The van der Waals surface area contributed by atoms with Crippen molar-refractivity contribution in [1.82, 2.24) is 15.1 Å². The number of nitrogens with zero attached hydrogens (tertiary/aromatic N) is 2. The van der Waals surface area contributed by atoms with E-state index in [2.05, 4.69) is 15.1 Å². The van der Waals surface area contributed by atoms with Crippen molar-refractivity contribution in [3.8, 4) is 22.9 Å². The highest BCUT2D eigenvalue weighted by atomic mass is 16.5. The van der Waals surface area contributed by atoms with Gasteiger partial charge in [-0.15, -0.1) is 0 Å². The van der Waals surface area contributed by atoms with Crippen molar-refractivity contribution >= 4 is 5.78 Å². The molecule has 0 saturated heterocycles. The van der Waals surface area contributed by atoms with Gasteiger partial charge in [-0.25, -0.2) is 4.98 Å². The van der Waals surface area contributed by atoms with E-state index >= 15 is 0 Å². The summed E-state index contributed by atoms with van der Waals surface area (Å²) in [7, 11) is 3.15. The molecule has 4 atom stereocenters. The van der Waals surface area contributed by atoms with Gasteiger partial charge in [0.2, 0.25) is 0 Å². The number of aromatic nitrogens is 3. The second-order valence-corrected chi connectivity index (χ2v) is 9.07. The standard InChI is InChI=1S/C25H31N3O5/c1-14(2)24(22-12-23(32-4)28-33-22)21(30)10-16-8-17(29)11-19(16)25-26-13-20(27-25)15-6-5-7-18(9-15)31-3/h5-7,9,12-14,16-17,19,24,29H,8,10-11H2,1-4H3,(H,26,27)/t16?,17-,19+,24-/m0/s1. The Morgan fingerprint density at radius 2 is 2.06 bits per heavy atom. The highest BCUT2D eigenvalue weighted by Gasteiger charge is 2.39. The number of carbonyl (C=O) groups is 1. The van der Waals surface area contributed by atoms with Gasteiger partial charge in [-0.05, 0) is 42.0 Å². The lowest BCUT2D eigenvalue weighted by molar-refractivity contribution is -0.122. The number of Topliss-reactive ketones (excluding diaryl/α,β-unsaturated/α-hetero) is 1. The summed E-state index contributed by atoms with van der Waals surface area (Å²) in [6.07, 6.45) is 2.82. The molecule has 3 aromatic rings. The first-order valence-electron chi connectivity index (χ1n) is 11.3. The third kappa shape index (κ3) is 4.95. The molecule has 2 heterocycles. The van der Waals surface area contributed by atoms with Gasteiger partial charge in [0.15, 0.2) is 5.76 Å². The van der Waals surface area contributed by atoms with Gasteiger partial charge >= 0.3 is 0 Å². The summed E-state index contributed by atoms with van der Waals surface area (Å²) in [6, 6.07) is 9.44. The molecule has 4 rings (SSSR count). The van der Waals surface area contributed by atoms with E-state index in [1.165, 1.54) is 7.11 Å². The third-order valence-electron chi connectivity index (χ3n) is 6.50. The van der Waals surface area contributed by atoms with E-state index in [1.54, 1.807) is 19.4 Å². The van der Waals surface area contributed by atoms with Crippen LogP contribution in [0.25, 0.3) is 11.3 Å². The Morgan fingerprint density at radius 3 is 2.76 bits per heavy atom. The van der Waals surface area contributed by atoms with Gasteiger partial charge < -0.3 is 24.1 Å². The summed E-state index contributed by atoms with van der Waals surface area (Å²) >= 11 is 0. The predicted molar refractivity (Wildman–Crippen MR) is 122 cm³/mol. The number of rotatable bonds is 9. The van der Waals surface area contributed by atoms with Gasteiger partial charge in [-0.1, -0.05) is 26.0 Å².